The molecule has 0 amide bonds. The SMILES string of the molecule is CC(NC(=NCC1CCS(=O)(=O)C1)NC1CC1C)c1cccs1. The Morgan fingerprint density at radius 2 is 2.30 bits per heavy atom. The number of guanidine groups is 1. The molecule has 3 rings (SSSR count). The van der Waals surface area contributed by atoms with Crippen molar-refractivity contribution >= 4 is 27.1 Å². The third-order valence-corrected chi connectivity index (χ3v) is 7.48. The van der Waals surface area contributed by atoms with E-state index in [0.717, 1.165) is 12.4 Å². The second-order valence-electron chi connectivity index (χ2n) is 6.80. The summed E-state index contributed by atoms with van der Waals surface area (Å²) in [5, 5.41) is 9.00. The van der Waals surface area contributed by atoms with Crippen LogP contribution in [0.5, 0.6) is 0 Å². The van der Waals surface area contributed by atoms with E-state index >= 15 is 0 Å². The monoisotopic (exact) mass is 355 g/mol. The van der Waals surface area contributed by atoms with Crippen LogP contribution in [0.25, 0.3) is 0 Å². The Balaban J connectivity index is 1.61. The van der Waals surface area contributed by atoms with Gasteiger partial charge in [0.1, 0.15) is 0 Å². The van der Waals surface area contributed by atoms with Crippen molar-refractivity contribution in [2.24, 2.45) is 16.8 Å². The molecule has 1 saturated carbocycles. The highest BCUT2D eigenvalue weighted by atomic mass is 32.2. The summed E-state index contributed by atoms with van der Waals surface area (Å²) >= 11 is 1.73. The zero-order valence-electron chi connectivity index (χ0n) is 13.7. The van der Waals surface area contributed by atoms with E-state index in [4.69, 9.17) is 0 Å². The van der Waals surface area contributed by atoms with Crippen LogP contribution in [0.2, 0.25) is 0 Å². The number of hydrogen-bond donors (Lipinski definition) is 2. The molecule has 7 heteroatoms. The smallest absolute Gasteiger partial charge is 0.192 e. The number of nitrogens with one attached hydrogen (secondary N) is 2. The minimum Gasteiger partial charge on any atom is -0.353 e. The molecule has 1 aliphatic carbocycles. The molecule has 0 radical (unpaired) electrons. The molecule has 1 aromatic rings. The first-order chi connectivity index (χ1) is 10.9. The molecule has 0 aromatic carbocycles. The quantitative estimate of drug-likeness (QED) is 0.627. The summed E-state index contributed by atoms with van der Waals surface area (Å²) in [4.78, 5) is 5.94. The summed E-state index contributed by atoms with van der Waals surface area (Å²) in [7, 11) is -2.83. The van der Waals surface area contributed by atoms with Crippen LogP contribution in [0.3, 0.4) is 0 Å². The summed E-state index contributed by atoms with van der Waals surface area (Å²) in [5.74, 6) is 2.25. The zero-order valence-corrected chi connectivity index (χ0v) is 15.3. The van der Waals surface area contributed by atoms with Gasteiger partial charge in [-0.2, -0.15) is 0 Å². The molecule has 2 N–H and O–H groups in total. The van der Waals surface area contributed by atoms with Crippen LogP contribution in [-0.2, 0) is 9.84 Å². The van der Waals surface area contributed by atoms with Crippen LogP contribution in [0, 0.1) is 11.8 Å². The summed E-state index contributed by atoms with van der Waals surface area (Å²) in [6, 6.07) is 4.85. The van der Waals surface area contributed by atoms with E-state index in [1.807, 2.05) is 0 Å². The van der Waals surface area contributed by atoms with Crippen LogP contribution in [-0.4, -0.2) is 38.5 Å². The molecular weight excluding hydrogens is 330 g/mol. The van der Waals surface area contributed by atoms with Gasteiger partial charge in [0.15, 0.2) is 15.8 Å². The lowest BCUT2D eigenvalue weighted by molar-refractivity contribution is 0.587. The molecule has 1 aromatic heterocycles. The molecule has 23 heavy (non-hydrogen) atoms. The largest absolute Gasteiger partial charge is 0.353 e. The Morgan fingerprint density at radius 3 is 2.87 bits per heavy atom. The molecule has 2 fully saturated rings. The number of hydrogen-bond acceptors (Lipinski definition) is 4. The van der Waals surface area contributed by atoms with E-state index in [1.165, 1.54) is 11.3 Å². The van der Waals surface area contributed by atoms with Crippen molar-refractivity contribution in [1.29, 1.82) is 0 Å². The van der Waals surface area contributed by atoms with E-state index in [1.54, 1.807) is 11.3 Å². The van der Waals surface area contributed by atoms with Gasteiger partial charge in [-0.3, -0.25) is 4.99 Å². The van der Waals surface area contributed by atoms with Gasteiger partial charge >= 0.3 is 0 Å². The topological polar surface area (TPSA) is 70.6 Å². The van der Waals surface area contributed by atoms with Crippen LogP contribution in [0.15, 0.2) is 22.5 Å². The molecule has 0 bridgehead atoms. The minimum atomic E-state index is -2.83. The maximum Gasteiger partial charge on any atom is 0.192 e. The highest BCUT2D eigenvalue weighted by Gasteiger charge is 2.34. The molecule has 2 heterocycles. The Hall–Kier alpha value is -1.08. The number of thiophene rings is 1. The minimum absolute atomic E-state index is 0.160. The Kier molecular flexibility index (Phi) is 4.96. The van der Waals surface area contributed by atoms with Crippen LogP contribution in [0.1, 0.15) is 37.6 Å². The van der Waals surface area contributed by atoms with Crippen molar-refractivity contribution in [2.45, 2.75) is 38.8 Å². The highest BCUT2D eigenvalue weighted by molar-refractivity contribution is 7.91. The van der Waals surface area contributed by atoms with E-state index < -0.39 is 9.84 Å². The third kappa shape index (κ3) is 4.70. The van der Waals surface area contributed by atoms with Crippen molar-refractivity contribution in [1.82, 2.24) is 10.6 Å². The molecule has 4 unspecified atom stereocenters. The normalized spacial score (nSPS) is 30.9. The summed E-state index contributed by atoms with van der Waals surface area (Å²) in [6.07, 6.45) is 1.91. The molecule has 0 spiro atoms. The summed E-state index contributed by atoms with van der Waals surface area (Å²) in [5.41, 5.74) is 0. The van der Waals surface area contributed by atoms with Gasteiger partial charge in [0.2, 0.25) is 0 Å². The fourth-order valence-electron chi connectivity index (χ4n) is 2.88. The Bertz CT molecular complexity index is 655. The van der Waals surface area contributed by atoms with Gasteiger partial charge in [0.05, 0.1) is 17.5 Å². The molecule has 128 valence electrons. The molecule has 5 nitrogen and oxygen atoms in total. The molecule has 1 saturated heterocycles. The maximum absolute atomic E-state index is 11.6. The van der Waals surface area contributed by atoms with Gasteiger partial charge in [-0.25, -0.2) is 8.42 Å². The number of sulfone groups is 1. The van der Waals surface area contributed by atoms with Crippen LogP contribution in [0.4, 0.5) is 0 Å². The van der Waals surface area contributed by atoms with E-state index in [-0.39, 0.29) is 17.7 Å². The fourth-order valence-corrected chi connectivity index (χ4v) is 5.47. The number of rotatable bonds is 5. The molecular formula is C16H25N3O2S2. The summed E-state index contributed by atoms with van der Waals surface area (Å²) < 4.78 is 23.1. The predicted molar refractivity (Wildman–Crippen MR) is 95.6 cm³/mol. The standard InChI is InChI=1S/C16H25N3O2S2/c1-11-8-14(11)19-16(18-12(2)15-4-3-6-22-15)17-9-13-5-7-23(20,21)10-13/h3-4,6,11-14H,5,7-10H2,1-2H3,(H2,17,18,19). The second-order valence-corrected chi connectivity index (χ2v) is 10.0. The van der Waals surface area contributed by atoms with E-state index in [9.17, 15) is 8.42 Å². The maximum atomic E-state index is 11.6. The van der Waals surface area contributed by atoms with Gasteiger partial charge < -0.3 is 10.6 Å². The first-order valence-corrected chi connectivity index (χ1v) is 10.9. The van der Waals surface area contributed by atoms with Gasteiger partial charge in [-0.05, 0) is 43.0 Å². The number of nitrogens with zero attached hydrogens (tertiary/aromatic N) is 1. The van der Waals surface area contributed by atoms with Gasteiger partial charge in [0.25, 0.3) is 0 Å². The first-order valence-electron chi connectivity index (χ1n) is 8.24. The van der Waals surface area contributed by atoms with Crippen molar-refractivity contribution in [2.75, 3.05) is 18.1 Å². The highest BCUT2D eigenvalue weighted by Crippen LogP contribution is 2.29. The average Bonchev–Trinajstić information content (AvgIpc) is 2.94. The zero-order chi connectivity index (χ0) is 16.4. The van der Waals surface area contributed by atoms with Crippen molar-refractivity contribution in [3.8, 4) is 0 Å². The van der Waals surface area contributed by atoms with Gasteiger partial charge in [-0.1, -0.05) is 13.0 Å². The van der Waals surface area contributed by atoms with Crippen molar-refractivity contribution in [3.05, 3.63) is 22.4 Å². The summed E-state index contributed by atoms with van der Waals surface area (Å²) in [6.45, 7) is 4.92. The first kappa shape index (κ1) is 16.8. The Labute approximate surface area is 142 Å². The van der Waals surface area contributed by atoms with Crippen LogP contribution >= 0.6 is 11.3 Å². The molecule has 2 aliphatic rings. The average molecular weight is 356 g/mol. The predicted octanol–water partition coefficient (Wildman–Crippen LogP) is 2.19. The fraction of sp³-hybridized carbons (Fsp3) is 0.688. The Morgan fingerprint density at radius 1 is 1.52 bits per heavy atom. The van der Waals surface area contributed by atoms with Crippen LogP contribution < -0.4 is 10.6 Å². The van der Waals surface area contributed by atoms with Crippen molar-refractivity contribution < 1.29 is 8.42 Å². The van der Waals surface area contributed by atoms with Crippen molar-refractivity contribution in [3.63, 3.8) is 0 Å². The molecule has 1 aliphatic heterocycles. The lowest BCUT2D eigenvalue weighted by Crippen LogP contribution is -2.40. The second kappa shape index (κ2) is 6.81. The lowest BCUT2D eigenvalue weighted by Gasteiger charge is -2.18. The lowest BCUT2D eigenvalue weighted by atomic mass is 10.1. The third-order valence-electron chi connectivity index (χ3n) is 4.59. The van der Waals surface area contributed by atoms with E-state index in [0.29, 0.717) is 24.3 Å². The van der Waals surface area contributed by atoms with E-state index in [2.05, 4.69) is 47.0 Å². The molecule has 4 atom stereocenters. The van der Waals surface area contributed by atoms with Gasteiger partial charge in [-0.15, -0.1) is 11.3 Å². The number of aliphatic imine (C=N–C) groups is 1. The van der Waals surface area contributed by atoms with Gasteiger partial charge in [0, 0.05) is 17.5 Å².